The predicted octanol–water partition coefficient (Wildman–Crippen LogP) is 7.20. The average Bonchev–Trinajstić information content (AvgIpc) is 3.21. The van der Waals surface area contributed by atoms with Gasteiger partial charge in [0, 0.05) is 0 Å². The third kappa shape index (κ3) is 3.72. The van der Waals surface area contributed by atoms with Crippen molar-refractivity contribution in [3.63, 3.8) is 0 Å². The van der Waals surface area contributed by atoms with Crippen LogP contribution in [0.1, 0.15) is 33.1 Å². The van der Waals surface area contributed by atoms with Crippen molar-refractivity contribution in [3.8, 4) is 0 Å². The molecule has 186 valence electrons. The molecule has 4 aromatic rings. The molecular formula is C30H29IO4S. The minimum absolute atomic E-state index is 0.0894. The third-order valence-corrected chi connectivity index (χ3v) is 16.4. The normalized spacial score (nSPS) is 23.4. The average molecular weight is 613 g/mol. The van der Waals surface area contributed by atoms with Crippen LogP contribution in [0.4, 0.5) is 0 Å². The van der Waals surface area contributed by atoms with Gasteiger partial charge in [0.25, 0.3) is 0 Å². The third-order valence-electron chi connectivity index (χ3n) is 8.56. The Morgan fingerprint density at radius 2 is 1.36 bits per heavy atom. The first-order valence-electron chi connectivity index (χ1n) is 12.3. The Balaban J connectivity index is 1.49. The van der Waals surface area contributed by atoms with Crippen LogP contribution in [0.15, 0.2) is 84.9 Å². The molecular weight excluding hydrogens is 583 g/mol. The second-order valence-electron chi connectivity index (χ2n) is 10.6. The number of halogens is 1. The number of benzene rings is 4. The molecule has 36 heavy (non-hydrogen) atoms. The Labute approximate surface area is 220 Å². The first-order valence-corrected chi connectivity index (χ1v) is 16.9. The van der Waals surface area contributed by atoms with Crippen LogP contribution in [-0.2, 0) is 17.4 Å². The minimum atomic E-state index is -4.00. The number of Topliss-reactive ketones (excluding diaryl/α,β-unsaturated/α-hetero) is 1. The van der Waals surface area contributed by atoms with Gasteiger partial charge in [0.2, 0.25) is 0 Å². The standard InChI is InChI=1S/C30H29IO4S/c1-29(2)23-17-18-30(29,28(32)19-23)20-36(33,34)35-31(26-15-7-11-21-9-3-5-13-24(21)26)27-16-8-12-22-10-4-6-14-25(22)27/h3-16,23H,17-20H2,1-2H3. The van der Waals surface area contributed by atoms with Crippen molar-refractivity contribution in [3.05, 3.63) is 92.1 Å². The van der Waals surface area contributed by atoms with Crippen LogP contribution in [0.2, 0.25) is 0 Å². The molecule has 0 amide bonds. The predicted molar refractivity (Wildman–Crippen MR) is 153 cm³/mol. The second kappa shape index (κ2) is 8.64. The van der Waals surface area contributed by atoms with Crippen molar-refractivity contribution in [2.75, 3.05) is 5.75 Å². The van der Waals surface area contributed by atoms with Crippen LogP contribution in [0, 0.1) is 23.9 Å². The molecule has 0 aromatic heterocycles. The first kappa shape index (κ1) is 24.1. The maximum atomic E-state index is 13.9. The van der Waals surface area contributed by atoms with E-state index in [1.165, 1.54) is 0 Å². The summed E-state index contributed by atoms with van der Waals surface area (Å²) in [6.07, 6.45) is 2.02. The number of carbonyl (C=O) groups is 1. The fourth-order valence-electron chi connectivity index (χ4n) is 6.38. The van der Waals surface area contributed by atoms with E-state index in [9.17, 15) is 13.2 Å². The maximum absolute atomic E-state index is 13.9. The summed E-state index contributed by atoms with van der Waals surface area (Å²) >= 11 is -2.97. The van der Waals surface area contributed by atoms with Crippen LogP contribution in [0.25, 0.3) is 21.5 Å². The van der Waals surface area contributed by atoms with Crippen molar-refractivity contribution in [2.45, 2.75) is 33.1 Å². The van der Waals surface area contributed by atoms with Crippen LogP contribution in [0.5, 0.6) is 0 Å². The molecule has 0 spiro atoms. The molecule has 0 saturated heterocycles. The number of ketones is 1. The fraction of sp³-hybridized carbons (Fsp3) is 0.300. The summed E-state index contributed by atoms with van der Waals surface area (Å²) in [7, 11) is -4.00. The zero-order valence-corrected chi connectivity index (χ0v) is 23.4. The van der Waals surface area contributed by atoms with E-state index < -0.39 is 35.8 Å². The van der Waals surface area contributed by atoms with Gasteiger partial charge >= 0.3 is 221 Å². The first-order chi connectivity index (χ1) is 17.2. The molecule has 6 rings (SSSR count). The van der Waals surface area contributed by atoms with Gasteiger partial charge in [0.05, 0.1) is 0 Å². The summed E-state index contributed by atoms with van der Waals surface area (Å²) in [4.78, 5) is 13.1. The van der Waals surface area contributed by atoms with E-state index in [4.69, 9.17) is 2.51 Å². The van der Waals surface area contributed by atoms with Crippen molar-refractivity contribution >= 4 is 57.7 Å². The summed E-state index contributed by atoms with van der Waals surface area (Å²) in [5.74, 6) is 0.115. The molecule has 2 atom stereocenters. The molecule has 2 unspecified atom stereocenters. The van der Waals surface area contributed by atoms with Gasteiger partial charge in [0.1, 0.15) is 0 Å². The van der Waals surface area contributed by atoms with Gasteiger partial charge in [-0.3, -0.25) is 0 Å². The van der Waals surface area contributed by atoms with Crippen molar-refractivity contribution in [1.82, 2.24) is 0 Å². The monoisotopic (exact) mass is 612 g/mol. The molecule has 4 nitrogen and oxygen atoms in total. The van der Waals surface area contributed by atoms with Crippen LogP contribution >= 0.6 is 20.2 Å². The fourth-order valence-corrected chi connectivity index (χ4v) is 14.9. The molecule has 2 saturated carbocycles. The zero-order chi connectivity index (χ0) is 25.1. The summed E-state index contributed by atoms with van der Waals surface area (Å²) in [6.45, 7) is 4.13. The molecule has 0 aliphatic heterocycles. The van der Waals surface area contributed by atoms with Gasteiger partial charge in [-0.15, -0.1) is 0 Å². The summed E-state index contributed by atoms with van der Waals surface area (Å²) in [6, 6.07) is 28.2. The van der Waals surface area contributed by atoms with E-state index in [-0.39, 0.29) is 22.9 Å². The molecule has 2 fully saturated rings. The van der Waals surface area contributed by atoms with Gasteiger partial charge in [-0.05, 0) is 0 Å². The van der Waals surface area contributed by atoms with Gasteiger partial charge in [0.15, 0.2) is 0 Å². The number of fused-ring (bicyclic) bond motifs is 4. The van der Waals surface area contributed by atoms with Crippen LogP contribution < -0.4 is 0 Å². The van der Waals surface area contributed by atoms with E-state index in [0.29, 0.717) is 12.8 Å². The SMILES string of the molecule is CC1(C)C2CCC1(CS(=O)(=O)OI(c1cccc3ccccc13)c1cccc3ccccc13)C(=O)C2. The van der Waals surface area contributed by atoms with Gasteiger partial charge in [-0.1, -0.05) is 0 Å². The quantitative estimate of drug-likeness (QED) is 0.216. The number of hydrogen-bond acceptors (Lipinski definition) is 4. The Morgan fingerprint density at radius 3 is 1.86 bits per heavy atom. The Kier molecular flexibility index (Phi) is 5.77. The molecule has 2 aliphatic rings. The second-order valence-corrected chi connectivity index (χ2v) is 17.0. The number of hydrogen-bond donors (Lipinski definition) is 0. The van der Waals surface area contributed by atoms with Gasteiger partial charge in [-0.25, -0.2) is 0 Å². The van der Waals surface area contributed by atoms with Gasteiger partial charge in [-0.2, -0.15) is 0 Å². The molecule has 0 heterocycles. The van der Waals surface area contributed by atoms with E-state index >= 15 is 0 Å². The van der Waals surface area contributed by atoms with E-state index in [1.54, 1.807) is 0 Å². The zero-order valence-electron chi connectivity index (χ0n) is 20.4. The van der Waals surface area contributed by atoms with Crippen molar-refractivity contribution in [1.29, 1.82) is 0 Å². The van der Waals surface area contributed by atoms with Crippen molar-refractivity contribution < 1.29 is 15.7 Å². The molecule has 0 radical (unpaired) electrons. The Morgan fingerprint density at radius 1 is 0.833 bits per heavy atom. The van der Waals surface area contributed by atoms with Crippen LogP contribution in [0.3, 0.4) is 0 Å². The molecule has 6 heteroatoms. The number of rotatable bonds is 6. The van der Waals surface area contributed by atoms with E-state index in [0.717, 1.165) is 35.1 Å². The molecule has 4 aromatic carbocycles. The molecule has 2 aliphatic carbocycles. The summed E-state index contributed by atoms with van der Waals surface area (Å²) in [5, 5.41) is 4.15. The molecule has 0 N–H and O–H groups in total. The molecule has 2 bridgehead atoms. The van der Waals surface area contributed by atoms with E-state index in [2.05, 4.69) is 13.8 Å². The van der Waals surface area contributed by atoms with Crippen molar-refractivity contribution in [2.24, 2.45) is 16.7 Å². The van der Waals surface area contributed by atoms with Gasteiger partial charge < -0.3 is 0 Å². The van der Waals surface area contributed by atoms with E-state index in [1.807, 2.05) is 84.9 Å². The number of carbonyl (C=O) groups excluding carboxylic acids is 1. The topological polar surface area (TPSA) is 60.4 Å². The Hall–Kier alpha value is -2.29. The summed E-state index contributed by atoms with van der Waals surface area (Å²) < 4.78 is 36.1. The summed E-state index contributed by atoms with van der Waals surface area (Å²) in [5.41, 5.74) is -1.19. The van der Waals surface area contributed by atoms with Crippen LogP contribution in [-0.4, -0.2) is 20.0 Å². The Bertz CT molecular complexity index is 1520.